The Morgan fingerprint density at radius 1 is 1.57 bits per heavy atom. The Morgan fingerprint density at radius 3 is 3.00 bits per heavy atom. The first-order chi connectivity index (χ1) is 6.70. The fourth-order valence-corrected chi connectivity index (χ4v) is 0.991. The largest absolute Gasteiger partial charge is 0.474 e. The van der Waals surface area contributed by atoms with Crippen molar-refractivity contribution in [1.29, 1.82) is 0 Å². The minimum Gasteiger partial charge on any atom is -0.474 e. The maximum Gasteiger partial charge on any atom is 0.310 e. The summed E-state index contributed by atoms with van der Waals surface area (Å²) >= 11 is 0. The van der Waals surface area contributed by atoms with Gasteiger partial charge in [-0.2, -0.15) is 0 Å². The van der Waals surface area contributed by atoms with Crippen LogP contribution in [0.5, 0.6) is 5.88 Å². The third-order valence-corrected chi connectivity index (χ3v) is 1.66. The first-order valence-corrected chi connectivity index (χ1v) is 4.51. The second-order valence-electron chi connectivity index (χ2n) is 3.23. The second kappa shape index (κ2) is 5.39. The van der Waals surface area contributed by atoms with Gasteiger partial charge in [-0.15, -0.1) is 0 Å². The minimum atomic E-state index is -0.280. The molecule has 0 spiro atoms. The molecule has 0 amide bonds. The lowest BCUT2D eigenvalue weighted by Crippen LogP contribution is -2.18. The Morgan fingerprint density at radius 2 is 2.36 bits per heavy atom. The van der Waals surface area contributed by atoms with Gasteiger partial charge in [-0.05, 0) is 20.5 Å². The summed E-state index contributed by atoms with van der Waals surface area (Å²) in [6.45, 7) is 1.45. The van der Waals surface area contributed by atoms with Gasteiger partial charge in [-0.25, -0.2) is 4.98 Å². The molecule has 0 saturated heterocycles. The van der Waals surface area contributed by atoms with Crippen LogP contribution in [0.15, 0.2) is 17.2 Å². The predicted molar refractivity (Wildman–Crippen MR) is 53.5 cm³/mol. The van der Waals surface area contributed by atoms with E-state index in [0.29, 0.717) is 6.61 Å². The first kappa shape index (κ1) is 10.7. The normalized spacial score (nSPS) is 10.5. The molecule has 0 atom stereocenters. The van der Waals surface area contributed by atoms with Crippen molar-refractivity contribution in [1.82, 2.24) is 14.9 Å². The summed E-state index contributed by atoms with van der Waals surface area (Å²) in [5, 5.41) is 0. The maximum absolute atomic E-state index is 11.1. The van der Waals surface area contributed by atoms with Crippen molar-refractivity contribution < 1.29 is 4.74 Å². The second-order valence-corrected chi connectivity index (χ2v) is 3.23. The SMILES string of the molecule is CN(C)CCCOc1ncc[nH]c1=O. The van der Waals surface area contributed by atoms with Crippen LogP contribution in [0.2, 0.25) is 0 Å². The molecule has 5 nitrogen and oxygen atoms in total. The Hall–Kier alpha value is -1.36. The monoisotopic (exact) mass is 197 g/mol. The molecule has 1 aromatic heterocycles. The minimum absolute atomic E-state index is 0.145. The summed E-state index contributed by atoms with van der Waals surface area (Å²) in [6.07, 6.45) is 3.86. The van der Waals surface area contributed by atoms with Gasteiger partial charge in [0.25, 0.3) is 5.88 Å². The van der Waals surface area contributed by atoms with Crippen molar-refractivity contribution in [3.8, 4) is 5.88 Å². The van der Waals surface area contributed by atoms with Crippen LogP contribution in [-0.2, 0) is 0 Å². The topological polar surface area (TPSA) is 58.2 Å². The molecule has 0 aromatic carbocycles. The third kappa shape index (κ3) is 3.57. The number of rotatable bonds is 5. The van der Waals surface area contributed by atoms with Crippen LogP contribution in [0.25, 0.3) is 0 Å². The predicted octanol–water partition coefficient (Wildman–Crippen LogP) is 0.100. The van der Waals surface area contributed by atoms with Gasteiger partial charge in [-0.1, -0.05) is 0 Å². The van der Waals surface area contributed by atoms with Gasteiger partial charge < -0.3 is 14.6 Å². The molecule has 14 heavy (non-hydrogen) atoms. The van der Waals surface area contributed by atoms with Gasteiger partial charge in [0.15, 0.2) is 0 Å². The first-order valence-electron chi connectivity index (χ1n) is 4.51. The number of H-pyrrole nitrogens is 1. The van der Waals surface area contributed by atoms with Crippen LogP contribution in [-0.4, -0.2) is 42.1 Å². The molecule has 0 unspecified atom stereocenters. The van der Waals surface area contributed by atoms with Gasteiger partial charge in [-0.3, -0.25) is 4.79 Å². The molecule has 0 aliphatic carbocycles. The van der Waals surface area contributed by atoms with Crippen LogP contribution < -0.4 is 10.3 Å². The van der Waals surface area contributed by atoms with E-state index in [2.05, 4.69) is 14.9 Å². The van der Waals surface area contributed by atoms with Crippen molar-refractivity contribution in [2.24, 2.45) is 0 Å². The van der Waals surface area contributed by atoms with E-state index in [1.165, 1.54) is 12.4 Å². The van der Waals surface area contributed by atoms with Crippen molar-refractivity contribution in [2.45, 2.75) is 6.42 Å². The number of aromatic nitrogens is 2. The summed E-state index contributed by atoms with van der Waals surface area (Å²) in [7, 11) is 3.99. The molecule has 0 saturated carbocycles. The van der Waals surface area contributed by atoms with Gasteiger partial charge in [0.1, 0.15) is 0 Å². The van der Waals surface area contributed by atoms with Crippen LogP contribution in [0.1, 0.15) is 6.42 Å². The molecule has 1 N–H and O–H groups in total. The Kier molecular flexibility index (Phi) is 4.12. The molecule has 1 aromatic rings. The van der Waals surface area contributed by atoms with Gasteiger partial charge >= 0.3 is 5.56 Å². The average molecular weight is 197 g/mol. The van der Waals surface area contributed by atoms with Crippen molar-refractivity contribution in [3.63, 3.8) is 0 Å². The van der Waals surface area contributed by atoms with E-state index in [9.17, 15) is 4.79 Å². The van der Waals surface area contributed by atoms with Gasteiger partial charge in [0, 0.05) is 18.9 Å². The number of hydrogen-bond donors (Lipinski definition) is 1. The molecule has 5 heteroatoms. The number of nitrogens with one attached hydrogen (secondary N) is 1. The summed E-state index contributed by atoms with van der Waals surface area (Å²) in [5.74, 6) is 0.145. The summed E-state index contributed by atoms with van der Waals surface area (Å²) in [4.78, 5) is 19.5. The fraction of sp³-hybridized carbons (Fsp3) is 0.556. The molecule has 0 bridgehead atoms. The van der Waals surface area contributed by atoms with Crippen molar-refractivity contribution >= 4 is 0 Å². The molecule has 0 aliphatic heterocycles. The zero-order valence-corrected chi connectivity index (χ0v) is 8.49. The number of hydrogen-bond acceptors (Lipinski definition) is 4. The molecule has 1 rings (SSSR count). The average Bonchev–Trinajstić information content (AvgIpc) is 2.15. The van der Waals surface area contributed by atoms with E-state index in [1.807, 2.05) is 14.1 Å². The van der Waals surface area contributed by atoms with Crippen LogP contribution >= 0.6 is 0 Å². The summed E-state index contributed by atoms with van der Waals surface area (Å²) in [5.41, 5.74) is -0.280. The van der Waals surface area contributed by atoms with Crippen LogP contribution in [0.3, 0.4) is 0 Å². The lowest BCUT2D eigenvalue weighted by atomic mass is 10.4. The molecule has 78 valence electrons. The lowest BCUT2D eigenvalue weighted by molar-refractivity contribution is 0.269. The van der Waals surface area contributed by atoms with Crippen LogP contribution in [0, 0.1) is 0 Å². The van der Waals surface area contributed by atoms with Gasteiger partial charge in [0.2, 0.25) is 0 Å². The quantitative estimate of drug-likeness (QED) is 0.680. The summed E-state index contributed by atoms with van der Waals surface area (Å²) in [6, 6.07) is 0. The molecule has 0 aliphatic rings. The summed E-state index contributed by atoms with van der Waals surface area (Å²) < 4.78 is 5.21. The molecular formula is C9H15N3O2. The zero-order valence-electron chi connectivity index (χ0n) is 8.49. The smallest absolute Gasteiger partial charge is 0.310 e. The molecule has 0 radical (unpaired) electrons. The molecule has 0 fully saturated rings. The van der Waals surface area contributed by atoms with E-state index < -0.39 is 0 Å². The highest BCUT2D eigenvalue weighted by Crippen LogP contribution is 1.94. The highest BCUT2D eigenvalue weighted by atomic mass is 16.5. The van der Waals surface area contributed by atoms with E-state index in [0.717, 1.165) is 13.0 Å². The maximum atomic E-state index is 11.1. The Labute approximate surface area is 82.7 Å². The Balaban J connectivity index is 2.32. The molecular weight excluding hydrogens is 182 g/mol. The highest BCUT2D eigenvalue weighted by molar-refractivity contribution is 5.01. The van der Waals surface area contributed by atoms with E-state index >= 15 is 0 Å². The number of ether oxygens (including phenoxy) is 1. The lowest BCUT2D eigenvalue weighted by Gasteiger charge is -2.08. The Bertz CT molecular complexity index is 322. The van der Waals surface area contributed by atoms with E-state index in [4.69, 9.17) is 4.74 Å². The third-order valence-electron chi connectivity index (χ3n) is 1.66. The standard InChI is InChI=1S/C9H15N3O2/c1-12(2)6-3-7-14-9-8(13)10-4-5-11-9/h4-5H,3,6-7H2,1-2H3,(H,10,13). The fourth-order valence-electron chi connectivity index (χ4n) is 0.991. The zero-order chi connectivity index (χ0) is 10.4. The van der Waals surface area contributed by atoms with Crippen LogP contribution in [0.4, 0.5) is 0 Å². The van der Waals surface area contributed by atoms with Crippen molar-refractivity contribution in [3.05, 3.63) is 22.7 Å². The van der Waals surface area contributed by atoms with E-state index in [1.54, 1.807) is 0 Å². The number of aromatic amines is 1. The van der Waals surface area contributed by atoms with Crippen molar-refractivity contribution in [2.75, 3.05) is 27.2 Å². The molecule has 1 heterocycles. The number of nitrogens with zero attached hydrogens (tertiary/aromatic N) is 2. The van der Waals surface area contributed by atoms with E-state index in [-0.39, 0.29) is 11.4 Å². The highest BCUT2D eigenvalue weighted by Gasteiger charge is 1.99. The van der Waals surface area contributed by atoms with Gasteiger partial charge in [0.05, 0.1) is 6.61 Å².